The number of aryl methyl sites for hydroxylation is 1. The molecule has 2 amide bonds. The van der Waals surface area contributed by atoms with Crippen molar-refractivity contribution >= 4 is 56.4 Å². The molecular weight excluding hydrogens is 789 g/mol. The number of carbonyl (C=O) groups is 2. The van der Waals surface area contributed by atoms with Crippen molar-refractivity contribution in [2.75, 3.05) is 85.0 Å². The third kappa shape index (κ3) is 8.73. The Bertz CT molecular complexity index is 2490. The molecule has 6 aromatic rings. The van der Waals surface area contributed by atoms with Crippen molar-refractivity contribution in [1.29, 1.82) is 0 Å². The predicted molar refractivity (Wildman–Crippen MR) is 253 cm³/mol. The van der Waals surface area contributed by atoms with Gasteiger partial charge in [0, 0.05) is 105 Å². The van der Waals surface area contributed by atoms with Crippen LogP contribution in [0.25, 0.3) is 21.5 Å². The van der Waals surface area contributed by atoms with E-state index >= 15 is 0 Å². The molecule has 2 aromatic heterocycles. The van der Waals surface area contributed by atoms with E-state index in [-0.39, 0.29) is 25.0 Å². The Morgan fingerprint density at radius 3 is 1.49 bits per heavy atom. The average molecular weight is 845 g/mol. The van der Waals surface area contributed by atoms with Crippen LogP contribution in [0, 0.1) is 6.92 Å². The summed E-state index contributed by atoms with van der Waals surface area (Å²) in [4.78, 5) is 55.2. The van der Waals surface area contributed by atoms with Crippen LogP contribution >= 0.6 is 0 Å². The molecule has 4 aromatic carbocycles. The number of aromatic nitrogens is 4. The number of fused-ring (bicyclic) bond motifs is 4. The van der Waals surface area contributed by atoms with Gasteiger partial charge in [-0.05, 0) is 60.4 Å². The third-order valence-corrected chi connectivity index (χ3v) is 12.6. The van der Waals surface area contributed by atoms with Gasteiger partial charge in [0.2, 0.25) is 11.8 Å². The fourth-order valence-electron chi connectivity index (χ4n) is 9.40. The summed E-state index contributed by atoms with van der Waals surface area (Å²) in [5.41, 5.74) is 8.14. The van der Waals surface area contributed by atoms with Gasteiger partial charge in [-0.2, -0.15) is 0 Å². The summed E-state index contributed by atoms with van der Waals surface area (Å²) < 4.78 is 0. The highest BCUT2D eigenvalue weighted by Crippen LogP contribution is 2.37. The van der Waals surface area contributed by atoms with Crippen LogP contribution in [-0.4, -0.2) is 112 Å². The Morgan fingerprint density at radius 1 is 0.571 bits per heavy atom. The maximum Gasteiger partial charge on any atom is 0.246 e. The SMILES string of the molecule is C.C=CC(=O)N1CCN(c2ncnc3c2CCN(c2cc(C)cc4ccccc24)C3)CC1.C=CC(=O)N1CCN(c2ncnc3c2CCN(c2cc(O)cc4ccccc24)C3)CC1. The van der Waals surface area contributed by atoms with Crippen LogP contribution in [0.1, 0.15) is 35.5 Å². The molecule has 0 unspecified atom stereocenters. The molecule has 63 heavy (non-hydrogen) atoms. The van der Waals surface area contributed by atoms with E-state index in [9.17, 15) is 14.7 Å². The van der Waals surface area contributed by atoms with Crippen molar-refractivity contribution in [3.8, 4) is 5.75 Å². The first-order valence-electron chi connectivity index (χ1n) is 21.5. The third-order valence-electron chi connectivity index (χ3n) is 12.6. The van der Waals surface area contributed by atoms with Crippen molar-refractivity contribution in [3.63, 3.8) is 0 Å². The number of aromatic hydroxyl groups is 1. The standard InChI is InChI=1S/C25H27N5O.C24H25N5O2.CH4/c1-3-24(31)28-10-12-29(13-11-28)25-21-8-9-30(16-22(21)26-17-27-25)23-15-18(2)14-19-6-4-5-7-20(19)23;1-2-23(31)27-9-11-28(12-10-27)24-20-7-8-29(15-21(20)25-16-26-24)22-14-18(30)13-17-5-3-4-6-19(17)22;/h3-7,14-15,17H,1,8-13,16H2,2H3;2-6,13-14,16,30H,1,7-12,15H2;1H4. The number of piperazine rings is 2. The van der Waals surface area contributed by atoms with E-state index in [1.165, 1.54) is 45.3 Å². The Balaban J connectivity index is 0.000000170. The lowest BCUT2D eigenvalue weighted by atomic mass is 10.0. The van der Waals surface area contributed by atoms with E-state index in [0.717, 1.165) is 98.1 Å². The highest BCUT2D eigenvalue weighted by Gasteiger charge is 2.29. The number of hydrogen-bond donors (Lipinski definition) is 1. The molecule has 0 bridgehead atoms. The van der Waals surface area contributed by atoms with Crippen LogP contribution in [-0.2, 0) is 35.5 Å². The van der Waals surface area contributed by atoms with E-state index in [0.29, 0.717) is 32.7 Å². The highest BCUT2D eigenvalue weighted by molar-refractivity contribution is 5.96. The summed E-state index contributed by atoms with van der Waals surface area (Å²) in [6.07, 6.45) is 7.85. The van der Waals surface area contributed by atoms with Gasteiger partial charge in [-0.15, -0.1) is 0 Å². The number of benzene rings is 4. The Hall–Kier alpha value is -7.02. The molecule has 0 atom stereocenters. The Morgan fingerprint density at radius 2 is 1.02 bits per heavy atom. The van der Waals surface area contributed by atoms with Gasteiger partial charge in [0.1, 0.15) is 30.0 Å². The molecule has 0 radical (unpaired) electrons. The van der Waals surface area contributed by atoms with Crippen LogP contribution < -0.4 is 19.6 Å². The Kier molecular flexibility index (Phi) is 12.5. The number of amides is 2. The van der Waals surface area contributed by atoms with Crippen molar-refractivity contribution < 1.29 is 14.7 Å². The highest BCUT2D eigenvalue weighted by atomic mass is 16.3. The van der Waals surface area contributed by atoms with Crippen LogP contribution in [0.5, 0.6) is 5.75 Å². The fourth-order valence-corrected chi connectivity index (χ4v) is 9.40. The normalized spacial score (nSPS) is 16.1. The number of rotatable bonds is 6. The van der Waals surface area contributed by atoms with E-state index in [4.69, 9.17) is 0 Å². The topological polar surface area (TPSA) is 125 Å². The number of nitrogens with zero attached hydrogens (tertiary/aromatic N) is 10. The number of carbonyl (C=O) groups excluding carboxylic acids is 2. The quantitative estimate of drug-likeness (QED) is 0.180. The number of phenols is 1. The van der Waals surface area contributed by atoms with E-state index in [1.807, 2.05) is 34.1 Å². The maximum atomic E-state index is 11.9. The van der Waals surface area contributed by atoms with Crippen molar-refractivity contribution in [3.05, 3.63) is 139 Å². The van der Waals surface area contributed by atoms with E-state index in [1.54, 1.807) is 18.7 Å². The van der Waals surface area contributed by atoms with Gasteiger partial charge in [-0.3, -0.25) is 9.59 Å². The second kappa shape index (κ2) is 18.5. The van der Waals surface area contributed by atoms with Gasteiger partial charge in [0.25, 0.3) is 0 Å². The number of phenolic OH excluding ortho intramolecular Hbond substituents is 1. The zero-order valence-electron chi connectivity index (χ0n) is 35.3. The molecule has 4 aliphatic rings. The molecule has 10 rings (SSSR count). The first-order chi connectivity index (χ1) is 30.3. The predicted octanol–water partition coefficient (Wildman–Crippen LogP) is 6.70. The summed E-state index contributed by atoms with van der Waals surface area (Å²) in [6, 6.07) is 24.9. The molecular formula is C50H56N10O3. The molecule has 4 aliphatic heterocycles. The van der Waals surface area contributed by atoms with Gasteiger partial charge in [0.15, 0.2) is 0 Å². The number of anilines is 4. The molecule has 2 saturated heterocycles. The smallest absolute Gasteiger partial charge is 0.246 e. The lowest BCUT2D eigenvalue weighted by Gasteiger charge is -2.37. The van der Waals surface area contributed by atoms with Gasteiger partial charge in [0.05, 0.1) is 24.5 Å². The molecule has 6 heterocycles. The maximum absolute atomic E-state index is 11.9. The second-order valence-corrected chi connectivity index (χ2v) is 16.3. The summed E-state index contributed by atoms with van der Waals surface area (Å²) in [7, 11) is 0. The zero-order chi connectivity index (χ0) is 42.7. The van der Waals surface area contributed by atoms with Crippen LogP contribution in [0.4, 0.5) is 23.0 Å². The molecule has 13 nitrogen and oxygen atoms in total. The molecule has 2 fully saturated rings. The van der Waals surface area contributed by atoms with E-state index < -0.39 is 0 Å². The summed E-state index contributed by atoms with van der Waals surface area (Å²) in [5.74, 6) is 2.28. The summed E-state index contributed by atoms with van der Waals surface area (Å²) >= 11 is 0. The molecule has 0 spiro atoms. The van der Waals surface area contributed by atoms with E-state index in [2.05, 4.69) is 102 Å². The molecule has 13 heteroatoms. The monoisotopic (exact) mass is 844 g/mol. The van der Waals surface area contributed by atoms with Gasteiger partial charge in [-0.25, -0.2) is 19.9 Å². The van der Waals surface area contributed by atoms with Crippen LogP contribution in [0.2, 0.25) is 0 Å². The Labute approximate surface area is 369 Å². The van der Waals surface area contributed by atoms with Crippen molar-refractivity contribution in [1.82, 2.24) is 29.7 Å². The first kappa shape index (κ1) is 42.7. The van der Waals surface area contributed by atoms with Crippen molar-refractivity contribution in [2.24, 2.45) is 0 Å². The minimum absolute atomic E-state index is 0. The minimum Gasteiger partial charge on any atom is -0.508 e. The van der Waals surface area contributed by atoms with Gasteiger partial charge < -0.3 is 34.5 Å². The molecule has 1 N–H and O–H groups in total. The van der Waals surface area contributed by atoms with Gasteiger partial charge >= 0.3 is 0 Å². The van der Waals surface area contributed by atoms with Crippen molar-refractivity contribution in [2.45, 2.75) is 40.3 Å². The largest absolute Gasteiger partial charge is 0.508 e. The lowest BCUT2D eigenvalue weighted by Crippen LogP contribution is -2.49. The van der Waals surface area contributed by atoms with Crippen LogP contribution in [0.3, 0.4) is 0 Å². The lowest BCUT2D eigenvalue weighted by molar-refractivity contribution is -0.127. The zero-order valence-corrected chi connectivity index (χ0v) is 35.3. The molecule has 324 valence electrons. The summed E-state index contributed by atoms with van der Waals surface area (Å²) in [5, 5.41) is 15.0. The molecule has 0 saturated carbocycles. The fraction of sp³-hybridized carbons (Fsp3) is 0.320. The number of hydrogen-bond acceptors (Lipinski definition) is 11. The summed E-state index contributed by atoms with van der Waals surface area (Å²) in [6.45, 7) is 18.4. The first-order valence-corrected chi connectivity index (χ1v) is 21.5. The second-order valence-electron chi connectivity index (χ2n) is 16.3. The minimum atomic E-state index is -0.0154. The van der Waals surface area contributed by atoms with Crippen LogP contribution in [0.15, 0.2) is 111 Å². The average Bonchev–Trinajstić information content (AvgIpc) is 3.32. The van der Waals surface area contributed by atoms with Gasteiger partial charge in [-0.1, -0.05) is 75.2 Å². The molecule has 0 aliphatic carbocycles.